The van der Waals surface area contributed by atoms with Gasteiger partial charge in [0.2, 0.25) is 0 Å². The molecule has 0 bridgehead atoms. The molecular formula is C34H56Cl2O. The van der Waals surface area contributed by atoms with E-state index in [2.05, 4.69) is 13.8 Å². The largest absolute Gasteiger partial charge is 0.298 e. The SMILES string of the molecule is CCCC[C@H]1CC[C@H](C2CCC3(CC2)C(=O)C2(CCC([C@H]4CC[C@H](CCCC)CC4)CC2)C3(Cl)Cl)CC1. The predicted molar refractivity (Wildman–Crippen MR) is 158 cm³/mol. The molecule has 1 nitrogen and oxygen atoms in total. The highest BCUT2D eigenvalue weighted by Crippen LogP contribution is 2.75. The second kappa shape index (κ2) is 12.0. The number of hydrogen-bond donors (Lipinski definition) is 0. The van der Waals surface area contributed by atoms with Crippen molar-refractivity contribution in [3.8, 4) is 0 Å². The number of Topliss-reactive ketones (excluding diaryl/α,β-unsaturated/α-hetero) is 1. The Labute approximate surface area is 239 Å². The minimum absolute atomic E-state index is 0.435. The van der Waals surface area contributed by atoms with Crippen LogP contribution in [0.3, 0.4) is 0 Å². The zero-order valence-corrected chi connectivity index (χ0v) is 25.7. The molecule has 0 unspecified atom stereocenters. The second-order valence-electron chi connectivity index (χ2n) is 14.6. The van der Waals surface area contributed by atoms with Crippen molar-refractivity contribution in [2.24, 2.45) is 46.3 Å². The molecule has 0 radical (unpaired) electrons. The lowest BCUT2D eigenvalue weighted by Gasteiger charge is -2.67. The number of rotatable bonds is 8. The van der Waals surface area contributed by atoms with Gasteiger partial charge in [-0.05, 0) is 113 Å². The lowest BCUT2D eigenvalue weighted by Crippen LogP contribution is -2.74. The Bertz CT molecular complexity index is 682. The van der Waals surface area contributed by atoms with Crippen LogP contribution in [0.2, 0.25) is 0 Å². The van der Waals surface area contributed by atoms with E-state index in [4.69, 9.17) is 23.2 Å². The van der Waals surface area contributed by atoms with Crippen molar-refractivity contribution < 1.29 is 4.79 Å². The molecule has 0 aliphatic heterocycles. The zero-order valence-electron chi connectivity index (χ0n) is 24.2. The fourth-order valence-electron chi connectivity index (χ4n) is 10.3. The van der Waals surface area contributed by atoms with Crippen molar-refractivity contribution in [3.63, 3.8) is 0 Å². The summed E-state index contributed by atoms with van der Waals surface area (Å²) in [5, 5.41) is 0. The highest BCUT2D eigenvalue weighted by atomic mass is 35.5. The van der Waals surface area contributed by atoms with E-state index >= 15 is 0 Å². The number of ketones is 1. The van der Waals surface area contributed by atoms with E-state index in [1.165, 1.54) is 116 Å². The maximum Gasteiger partial charge on any atom is 0.151 e. The Morgan fingerprint density at radius 3 is 1.19 bits per heavy atom. The van der Waals surface area contributed by atoms with Crippen molar-refractivity contribution >= 4 is 29.0 Å². The van der Waals surface area contributed by atoms with Gasteiger partial charge in [0, 0.05) is 0 Å². The number of carbonyl (C=O) groups is 1. The summed E-state index contributed by atoms with van der Waals surface area (Å²) in [4.78, 5) is 14.0. The highest BCUT2D eigenvalue weighted by Gasteiger charge is 2.79. The Balaban J connectivity index is 1.11. The van der Waals surface area contributed by atoms with E-state index in [0.29, 0.717) is 5.78 Å². The first-order chi connectivity index (χ1) is 17.9. The van der Waals surface area contributed by atoms with Crippen LogP contribution in [-0.2, 0) is 4.79 Å². The smallest absolute Gasteiger partial charge is 0.151 e. The van der Waals surface area contributed by atoms with Crippen LogP contribution in [0.4, 0.5) is 0 Å². The van der Waals surface area contributed by atoms with Crippen LogP contribution in [0.5, 0.6) is 0 Å². The Morgan fingerprint density at radius 2 is 0.892 bits per heavy atom. The summed E-state index contributed by atoms with van der Waals surface area (Å²) in [5.41, 5.74) is -0.871. The number of hydrogen-bond acceptors (Lipinski definition) is 1. The van der Waals surface area contributed by atoms with Gasteiger partial charge in [0.05, 0.1) is 10.8 Å². The van der Waals surface area contributed by atoms with E-state index in [9.17, 15) is 4.79 Å². The molecular weight excluding hydrogens is 495 g/mol. The van der Waals surface area contributed by atoms with Crippen LogP contribution in [0.15, 0.2) is 0 Å². The Morgan fingerprint density at radius 1 is 0.568 bits per heavy atom. The Hall–Kier alpha value is 0.250. The first-order valence-electron chi connectivity index (χ1n) is 16.8. The van der Waals surface area contributed by atoms with E-state index in [-0.39, 0.29) is 0 Å². The standard InChI is InChI=1S/C34H56Cl2O/c1-3-5-7-25-9-13-27(14-10-25)29-17-21-32(22-18-29)31(37)33(34(32,35)36)23-19-30(20-24-33)28-15-11-26(12-16-28)8-6-4-2/h25-30H,3-24H2,1-2H3/t25-,26-,27-,28-,29?,30?,32?,33?. The third-order valence-electron chi connectivity index (χ3n) is 12.9. The monoisotopic (exact) mass is 550 g/mol. The van der Waals surface area contributed by atoms with Gasteiger partial charge in [0.25, 0.3) is 0 Å². The first kappa shape index (κ1) is 28.8. The molecule has 0 amide bonds. The molecule has 3 heteroatoms. The molecule has 0 aromatic carbocycles. The molecule has 0 atom stereocenters. The van der Waals surface area contributed by atoms with Gasteiger partial charge >= 0.3 is 0 Å². The average molecular weight is 552 g/mol. The molecule has 5 aliphatic rings. The third-order valence-corrected chi connectivity index (χ3v) is 14.3. The number of carbonyl (C=O) groups excluding carboxylic acids is 1. The van der Waals surface area contributed by atoms with Gasteiger partial charge in [-0.2, -0.15) is 0 Å². The minimum atomic E-state index is -0.831. The Kier molecular flexibility index (Phi) is 9.33. The van der Waals surface area contributed by atoms with Gasteiger partial charge in [-0.25, -0.2) is 0 Å². The molecule has 5 rings (SSSR count). The molecule has 0 heterocycles. The number of halogens is 2. The van der Waals surface area contributed by atoms with Gasteiger partial charge in [-0.1, -0.05) is 101 Å². The van der Waals surface area contributed by atoms with Crippen LogP contribution in [0.1, 0.15) is 155 Å². The van der Waals surface area contributed by atoms with Gasteiger partial charge in [-0.15, -0.1) is 0 Å². The molecule has 5 saturated carbocycles. The maximum atomic E-state index is 14.0. The normalized spacial score (nSPS) is 44.2. The summed E-state index contributed by atoms with van der Waals surface area (Å²) in [6, 6.07) is 0. The lowest BCUT2D eigenvalue weighted by molar-refractivity contribution is -0.173. The fraction of sp³-hybridized carbons (Fsp3) is 0.971. The maximum absolute atomic E-state index is 14.0. The average Bonchev–Trinajstić information content (AvgIpc) is 2.95. The van der Waals surface area contributed by atoms with Crippen molar-refractivity contribution in [3.05, 3.63) is 0 Å². The van der Waals surface area contributed by atoms with Crippen LogP contribution in [0.25, 0.3) is 0 Å². The van der Waals surface area contributed by atoms with Gasteiger partial charge in [0.15, 0.2) is 5.78 Å². The predicted octanol–water partition coefficient (Wildman–Crippen LogP) is 11.1. The van der Waals surface area contributed by atoms with E-state index in [0.717, 1.165) is 61.2 Å². The van der Waals surface area contributed by atoms with Crippen molar-refractivity contribution in [1.82, 2.24) is 0 Å². The third kappa shape index (κ3) is 5.22. The second-order valence-corrected chi connectivity index (χ2v) is 15.9. The number of unbranched alkanes of at least 4 members (excludes halogenated alkanes) is 2. The quantitative estimate of drug-likeness (QED) is 0.274. The molecule has 212 valence electrons. The van der Waals surface area contributed by atoms with Crippen molar-refractivity contribution in [1.29, 1.82) is 0 Å². The molecule has 5 fully saturated rings. The first-order valence-corrected chi connectivity index (χ1v) is 17.5. The highest BCUT2D eigenvalue weighted by molar-refractivity contribution is 6.55. The van der Waals surface area contributed by atoms with Crippen molar-refractivity contribution in [2.75, 3.05) is 0 Å². The molecule has 0 aromatic rings. The lowest BCUT2D eigenvalue weighted by atomic mass is 9.41. The molecule has 5 aliphatic carbocycles. The molecule has 0 saturated heterocycles. The zero-order chi connectivity index (χ0) is 26.1. The number of alkyl halides is 2. The fourth-order valence-corrected chi connectivity index (χ4v) is 11.4. The van der Waals surface area contributed by atoms with Gasteiger partial charge in [-0.3, -0.25) is 4.79 Å². The summed E-state index contributed by atoms with van der Waals surface area (Å²) in [5.74, 6) is 5.80. The van der Waals surface area contributed by atoms with Crippen molar-refractivity contribution in [2.45, 2.75) is 159 Å². The summed E-state index contributed by atoms with van der Waals surface area (Å²) >= 11 is 14.6. The molecule has 0 N–H and O–H groups in total. The molecule has 37 heavy (non-hydrogen) atoms. The topological polar surface area (TPSA) is 17.1 Å². The minimum Gasteiger partial charge on any atom is -0.298 e. The van der Waals surface area contributed by atoms with E-state index in [1.54, 1.807) is 0 Å². The van der Waals surface area contributed by atoms with Crippen LogP contribution in [0, 0.1) is 46.3 Å². The van der Waals surface area contributed by atoms with Gasteiger partial charge < -0.3 is 0 Å². The molecule has 2 spiro atoms. The summed E-state index contributed by atoms with van der Waals surface area (Å²) < 4.78 is -0.831. The summed E-state index contributed by atoms with van der Waals surface area (Å²) in [7, 11) is 0. The van der Waals surface area contributed by atoms with E-state index < -0.39 is 15.2 Å². The molecule has 0 aromatic heterocycles. The van der Waals surface area contributed by atoms with Crippen LogP contribution >= 0.6 is 23.2 Å². The van der Waals surface area contributed by atoms with Gasteiger partial charge in [0.1, 0.15) is 4.33 Å². The van der Waals surface area contributed by atoms with E-state index in [1.807, 2.05) is 0 Å². The van der Waals surface area contributed by atoms with Crippen LogP contribution < -0.4 is 0 Å². The summed E-state index contributed by atoms with van der Waals surface area (Å²) in [6.07, 6.45) is 28.3. The van der Waals surface area contributed by atoms with Crippen LogP contribution in [-0.4, -0.2) is 10.1 Å². The summed E-state index contributed by atoms with van der Waals surface area (Å²) in [6.45, 7) is 4.63.